The number of nitrogen functional groups attached to an aromatic ring is 1. The van der Waals surface area contributed by atoms with Crippen molar-refractivity contribution in [1.82, 2.24) is 9.97 Å². The highest BCUT2D eigenvalue weighted by molar-refractivity contribution is 6.00. The Bertz CT molecular complexity index is 526. The Labute approximate surface area is 91.6 Å². The van der Waals surface area contributed by atoms with Gasteiger partial charge in [-0.3, -0.25) is 4.98 Å². The molecule has 0 aliphatic rings. The second-order valence-corrected chi connectivity index (χ2v) is 3.16. The second-order valence-electron chi connectivity index (χ2n) is 3.16. The van der Waals surface area contributed by atoms with E-state index >= 15 is 0 Å². The Kier molecular flexibility index (Phi) is 2.51. The Morgan fingerprint density at radius 1 is 1.19 bits per heavy atom. The normalized spacial score (nSPS) is 10.0. The van der Waals surface area contributed by atoms with Gasteiger partial charge in [-0.1, -0.05) is 0 Å². The predicted octanol–water partition coefficient (Wildman–Crippen LogP) is 1.42. The molecule has 0 aliphatic carbocycles. The van der Waals surface area contributed by atoms with Gasteiger partial charge in [0.15, 0.2) is 0 Å². The second kappa shape index (κ2) is 3.98. The molecule has 2 aromatic rings. The molecule has 5 nitrogen and oxygen atoms in total. The average molecular weight is 215 g/mol. The number of anilines is 1. The minimum Gasteiger partial charge on any atom is -0.478 e. The monoisotopic (exact) mass is 215 g/mol. The highest BCUT2D eigenvalue weighted by Crippen LogP contribution is 2.25. The standard InChI is InChI=1S/C11H9N3O2/c12-10-9(11(15)16)8(3-6-14-10)7-1-4-13-5-2-7/h1-6H,(H2,12,14)(H,15,16). The Morgan fingerprint density at radius 2 is 1.88 bits per heavy atom. The summed E-state index contributed by atoms with van der Waals surface area (Å²) in [5.74, 6) is -1.07. The number of carboxylic acids is 1. The third-order valence-corrected chi connectivity index (χ3v) is 2.19. The van der Waals surface area contributed by atoms with Crippen LogP contribution in [-0.2, 0) is 0 Å². The van der Waals surface area contributed by atoms with Crippen LogP contribution in [0, 0.1) is 0 Å². The number of hydrogen-bond donors (Lipinski definition) is 2. The topological polar surface area (TPSA) is 89.1 Å². The van der Waals surface area contributed by atoms with Crippen LogP contribution in [0.2, 0.25) is 0 Å². The van der Waals surface area contributed by atoms with E-state index in [4.69, 9.17) is 10.8 Å². The van der Waals surface area contributed by atoms with Crippen molar-refractivity contribution in [3.8, 4) is 11.1 Å². The summed E-state index contributed by atoms with van der Waals surface area (Å²) < 4.78 is 0. The maximum atomic E-state index is 11.1. The van der Waals surface area contributed by atoms with Gasteiger partial charge in [0.2, 0.25) is 0 Å². The van der Waals surface area contributed by atoms with E-state index in [1.165, 1.54) is 6.20 Å². The number of nitrogens with two attached hydrogens (primary N) is 1. The number of aromatic nitrogens is 2. The van der Waals surface area contributed by atoms with Gasteiger partial charge in [0, 0.05) is 24.2 Å². The third-order valence-electron chi connectivity index (χ3n) is 2.19. The van der Waals surface area contributed by atoms with Crippen molar-refractivity contribution >= 4 is 11.8 Å². The van der Waals surface area contributed by atoms with Crippen molar-refractivity contribution in [1.29, 1.82) is 0 Å². The molecule has 3 N–H and O–H groups in total. The molecule has 0 saturated heterocycles. The lowest BCUT2D eigenvalue weighted by molar-refractivity contribution is 0.0698. The van der Waals surface area contributed by atoms with E-state index in [0.717, 1.165) is 5.56 Å². The molecule has 0 aromatic carbocycles. The summed E-state index contributed by atoms with van der Waals surface area (Å²) in [7, 11) is 0. The molecule has 0 saturated carbocycles. The van der Waals surface area contributed by atoms with Crippen LogP contribution >= 0.6 is 0 Å². The number of aromatic carboxylic acids is 1. The number of nitrogens with zero attached hydrogens (tertiary/aromatic N) is 2. The number of pyridine rings is 2. The molecule has 0 radical (unpaired) electrons. The SMILES string of the molecule is Nc1nccc(-c2ccncc2)c1C(=O)O. The molecule has 2 aromatic heterocycles. The predicted molar refractivity (Wildman–Crippen MR) is 58.8 cm³/mol. The van der Waals surface area contributed by atoms with Gasteiger partial charge in [0.1, 0.15) is 11.4 Å². The highest BCUT2D eigenvalue weighted by atomic mass is 16.4. The first-order valence-corrected chi connectivity index (χ1v) is 4.58. The van der Waals surface area contributed by atoms with Gasteiger partial charge >= 0.3 is 5.97 Å². The molecule has 0 unspecified atom stereocenters. The molecule has 0 atom stereocenters. The molecule has 0 bridgehead atoms. The molecule has 2 rings (SSSR count). The van der Waals surface area contributed by atoms with Crippen LogP contribution < -0.4 is 5.73 Å². The van der Waals surface area contributed by atoms with Crippen LogP contribution in [0.15, 0.2) is 36.8 Å². The van der Waals surface area contributed by atoms with Crippen LogP contribution in [0.25, 0.3) is 11.1 Å². The zero-order valence-corrected chi connectivity index (χ0v) is 8.29. The number of rotatable bonds is 2. The van der Waals surface area contributed by atoms with Crippen molar-refractivity contribution < 1.29 is 9.90 Å². The summed E-state index contributed by atoms with van der Waals surface area (Å²) in [4.78, 5) is 18.7. The minimum atomic E-state index is -1.09. The van der Waals surface area contributed by atoms with E-state index in [9.17, 15) is 4.79 Å². The van der Waals surface area contributed by atoms with Gasteiger partial charge in [-0.05, 0) is 23.8 Å². The molecule has 0 fully saturated rings. The van der Waals surface area contributed by atoms with Gasteiger partial charge in [0.25, 0.3) is 0 Å². The maximum absolute atomic E-state index is 11.1. The highest BCUT2D eigenvalue weighted by Gasteiger charge is 2.15. The van der Waals surface area contributed by atoms with E-state index in [1.807, 2.05) is 0 Å². The molecular weight excluding hydrogens is 206 g/mol. The van der Waals surface area contributed by atoms with Crippen molar-refractivity contribution in [2.75, 3.05) is 5.73 Å². The lowest BCUT2D eigenvalue weighted by Gasteiger charge is -2.07. The first-order valence-electron chi connectivity index (χ1n) is 4.58. The first kappa shape index (κ1) is 10.1. The largest absolute Gasteiger partial charge is 0.478 e. The molecule has 0 aliphatic heterocycles. The summed E-state index contributed by atoms with van der Waals surface area (Å²) in [6.45, 7) is 0. The molecule has 0 amide bonds. The van der Waals surface area contributed by atoms with Crippen molar-refractivity contribution in [2.45, 2.75) is 0 Å². The maximum Gasteiger partial charge on any atom is 0.340 e. The van der Waals surface area contributed by atoms with Crippen LogP contribution in [0.4, 0.5) is 5.82 Å². The molecular formula is C11H9N3O2. The van der Waals surface area contributed by atoms with Crippen LogP contribution in [-0.4, -0.2) is 21.0 Å². The van der Waals surface area contributed by atoms with Gasteiger partial charge < -0.3 is 10.8 Å². The molecule has 5 heteroatoms. The number of carbonyl (C=O) groups is 1. The van der Waals surface area contributed by atoms with Crippen molar-refractivity contribution in [3.63, 3.8) is 0 Å². The fraction of sp³-hybridized carbons (Fsp3) is 0. The summed E-state index contributed by atoms with van der Waals surface area (Å²) in [6, 6.07) is 5.07. The van der Waals surface area contributed by atoms with E-state index in [1.54, 1.807) is 30.6 Å². The first-order chi connectivity index (χ1) is 7.70. The zero-order valence-electron chi connectivity index (χ0n) is 8.29. The minimum absolute atomic E-state index is 0.0156. The fourth-order valence-electron chi connectivity index (χ4n) is 1.47. The van der Waals surface area contributed by atoms with Crippen molar-refractivity contribution in [2.24, 2.45) is 0 Å². The third kappa shape index (κ3) is 1.70. The fourth-order valence-corrected chi connectivity index (χ4v) is 1.47. The summed E-state index contributed by atoms with van der Waals surface area (Å²) >= 11 is 0. The van der Waals surface area contributed by atoms with Crippen LogP contribution in [0.5, 0.6) is 0 Å². The lowest BCUT2D eigenvalue weighted by atomic mass is 10.0. The summed E-state index contributed by atoms with van der Waals surface area (Å²) in [5.41, 5.74) is 6.87. The molecule has 2 heterocycles. The Hall–Kier alpha value is -2.43. The van der Waals surface area contributed by atoms with Gasteiger partial charge in [0.05, 0.1) is 0 Å². The van der Waals surface area contributed by atoms with Gasteiger partial charge in [-0.25, -0.2) is 9.78 Å². The van der Waals surface area contributed by atoms with Crippen LogP contribution in [0.1, 0.15) is 10.4 Å². The number of hydrogen-bond acceptors (Lipinski definition) is 4. The van der Waals surface area contributed by atoms with Crippen LogP contribution in [0.3, 0.4) is 0 Å². The smallest absolute Gasteiger partial charge is 0.340 e. The summed E-state index contributed by atoms with van der Waals surface area (Å²) in [5, 5.41) is 9.07. The number of carboxylic acid groups (broad SMARTS) is 1. The van der Waals surface area contributed by atoms with E-state index < -0.39 is 5.97 Å². The van der Waals surface area contributed by atoms with Gasteiger partial charge in [-0.15, -0.1) is 0 Å². The molecule has 16 heavy (non-hydrogen) atoms. The zero-order chi connectivity index (χ0) is 11.5. The molecule has 80 valence electrons. The van der Waals surface area contributed by atoms with E-state index in [-0.39, 0.29) is 11.4 Å². The molecule has 0 spiro atoms. The quantitative estimate of drug-likeness (QED) is 0.790. The Balaban J connectivity index is 2.66. The van der Waals surface area contributed by atoms with E-state index in [2.05, 4.69) is 9.97 Å². The average Bonchev–Trinajstić information content (AvgIpc) is 2.29. The Morgan fingerprint density at radius 3 is 2.50 bits per heavy atom. The lowest BCUT2D eigenvalue weighted by Crippen LogP contribution is -2.06. The van der Waals surface area contributed by atoms with Gasteiger partial charge in [-0.2, -0.15) is 0 Å². The van der Waals surface area contributed by atoms with Crippen molar-refractivity contribution in [3.05, 3.63) is 42.4 Å². The summed E-state index contributed by atoms with van der Waals surface area (Å²) in [6.07, 6.45) is 4.67. The van der Waals surface area contributed by atoms with E-state index in [0.29, 0.717) is 5.56 Å².